The molecule has 0 aliphatic rings. The number of hydrogen-bond acceptors (Lipinski definition) is 7. The van der Waals surface area contributed by atoms with Gasteiger partial charge in [-0.05, 0) is 58.4 Å². The fourth-order valence-corrected chi connectivity index (χ4v) is 6.18. The van der Waals surface area contributed by atoms with Gasteiger partial charge in [-0.2, -0.15) is 17.0 Å². The number of carbonyl (C=O) groups excluding carboxylic acids is 2. The number of carboxylic acid groups (broad SMARTS) is 1. The third-order valence-electron chi connectivity index (χ3n) is 7.60. The fourth-order valence-electron chi connectivity index (χ4n) is 4.91. The second-order valence-electron chi connectivity index (χ2n) is 10.9. The summed E-state index contributed by atoms with van der Waals surface area (Å²) in [6.07, 6.45) is 3.09. The summed E-state index contributed by atoms with van der Waals surface area (Å²) in [7, 11) is 0. The minimum atomic E-state index is -1.05. The molecule has 0 aliphatic carbocycles. The first-order valence-corrected chi connectivity index (χ1v) is 17.3. The van der Waals surface area contributed by atoms with E-state index < -0.39 is 12.0 Å². The molecule has 3 N–H and O–H groups in total. The first-order valence-electron chi connectivity index (χ1n) is 14.8. The summed E-state index contributed by atoms with van der Waals surface area (Å²) in [5.41, 5.74) is 2.71. The lowest BCUT2D eigenvalue weighted by atomic mass is 9.97. The van der Waals surface area contributed by atoms with Gasteiger partial charge >= 0.3 is 5.97 Å². The van der Waals surface area contributed by atoms with E-state index in [1.165, 1.54) is 23.5 Å². The number of thioether (sulfide) groups is 2. The molecule has 0 heterocycles. The highest BCUT2D eigenvalue weighted by molar-refractivity contribution is 7.99. The first kappa shape index (κ1) is 35.0. The Bertz CT molecular complexity index is 1420. The molecule has 44 heavy (non-hydrogen) atoms. The van der Waals surface area contributed by atoms with Gasteiger partial charge < -0.3 is 15.7 Å². The lowest BCUT2D eigenvalue weighted by molar-refractivity contribution is -0.142. The van der Waals surface area contributed by atoms with Crippen LogP contribution in [0.4, 0.5) is 0 Å². The molecule has 234 valence electrons. The van der Waals surface area contributed by atoms with E-state index in [4.69, 9.17) is 5.26 Å². The predicted octanol–water partition coefficient (Wildman–Crippen LogP) is 5.30. The van der Waals surface area contributed by atoms with Gasteiger partial charge in [0, 0.05) is 24.9 Å². The summed E-state index contributed by atoms with van der Waals surface area (Å²) in [4.78, 5) is 40.1. The molecule has 3 aromatic rings. The second kappa shape index (κ2) is 18.3. The molecule has 0 aliphatic heterocycles. The van der Waals surface area contributed by atoms with Crippen molar-refractivity contribution >= 4 is 52.1 Å². The van der Waals surface area contributed by atoms with Gasteiger partial charge in [0.15, 0.2) is 0 Å². The highest BCUT2D eigenvalue weighted by Gasteiger charge is 2.25. The summed E-state index contributed by atoms with van der Waals surface area (Å²) in [6, 6.07) is 22.5. The van der Waals surface area contributed by atoms with Crippen molar-refractivity contribution in [3.05, 3.63) is 83.4 Å². The molecule has 0 radical (unpaired) electrons. The number of carbonyl (C=O) groups is 3. The van der Waals surface area contributed by atoms with Crippen molar-refractivity contribution in [3.63, 3.8) is 0 Å². The van der Waals surface area contributed by atoms with Gasteiger partial charge in [-0.3, -0.25) is 14.5 Å². The van der Waals surface area contributed by atoms with E-state index in [0.29, 0.717) is 36.6 Å². The standard InChI is InChI=1S/C34H42N4O4S2/c1-4-24(2)31(37-33(40)23-44-22-26-14-12-25(18-35)13-15-26)20-38(21-32(39)36-30(34(41)42)16-17-43-3)19-28-10-7-9-27-8-5-6-11-29(27)28/h5-15,24,30-31H,4,16-17,19-23H2,1-3H3,(H,36,39)(H,37,40)(H,41,42)/t24-,30-,31+/m0/s1. The van der Waals surface area contributed by atoms with Crippen molar-refractivity contribution in [3.8, 4) is 6.07 Å². The number of nitrogens with one attached hydrogen (secondary N) is 2. The van der Waals surface area contributed by atoms with Crippen LogP contribution in [-0.4, -0.2) is 70.7 Å². The monoisotopic (exact) mass is 634 g/mol. The number of benzene rings is 3. The topological polar surface area (TPSA) is 123 Å². The van der Waals surface area contributed by atoms with Crippen LogP contribution in [0, 0.1) is 17.2 Å². The molecule has 0 aromatic heterocycles. The van der Waals surface area contributed by atoms with Gasteiger partial charge in [0.25, 0.3) is 0 Å². The van der Waals surface area contributed by atoms with Crippen LogP contribution in [0.25, 0.3) is 10.8 Å². The molecule has 0 saturated heterocycles. The molecule has 3 rings (SSSR count). The number of nitriles is 1. The van der Waals surface area contributed by atoms with Crippen LogP contribution in [0.5, 0.6) is 0 Å². The maximum absolute atomic E-state index is 13.2. The Morgan fingerprint density at radius 2 is 1.73 bits per heavy atom. The number of amides is 2. The Morgan fingerprint density at radius 1 is 1.00 bits per heavy atom. The van der Waals surface area contributed by atoms with Crippen molar-refractivity contribution in [2.24, 2.45) is 5.92 Å². The van der Waals surface area contributed by atoms with Gasteiger partial charge in [-0.15, -0.1) is 11.8 Å². The van der Waals surface area contributed by atoms with E-state index in [2.05, 4.69) is 48.7 Å². The molecule has 0 bridgehead atoms. The van der Waals surface area contributed by atoms with Crippen molar-refractivity contribution in [2.45, 2.75) is 51.1 Å². The molecule has 0 unspecified atom stereocenters. The summed E-state index contributed by atoms with van der Waals surface area (Å²) in [5.74, 6) is 0.235. The first-order chi connectivity index (χ1) is 21.2. The Kier molecular flexibility index (Phi) is 14.6. The Hall–Kier alpha value is -3.52. The van der Waals surface area contributed by atoms with Crippen LogP contribution in [-0.2, 0) is 26.7 Å². The molecule has 10 heteroatoms. The molecule has 0 saturated carbocycles. The smallest absolute Gasteiger partial charge is 0.326 e. The number of hydrogen-bond donors (Lipinski definition) is 3. The van der Waals surface area contributed by atoms with Crippen LogP contribution < -0.4 is 10.6 Å². The zero-order valence-electron chi connectivity index (χ0n) is 25.6. The molecular weight excluding hydrogens is 593 g/mol. The summed E-state index contributed by atoms with van der Waals surface area (Å²) in [6.45, 7) is 5.07. The molecule has 8 nitrogen and oxygen atoms in total. The van der Waals surface area contributed by atoms with Crippen LogP contribution >= 0.6 is 23.5 Å². The van der Waals surface area contributed by atoms with E-state index in [-0.39, 0.29) is 36.1 Å². The molecule has 0 spiro atoms. The van der Waals surface area contributed by atoms with E-state index in [9.17, 15) is 19.5 Å². The second-order valence-corrected chi connectivity index (χ2v) is 12.9. The van der Waals surface area contributed by atoms with Gasteiger partial charge in [-0.1, -0.05) is 74.9 Å². The van der Waals surface area contributed by atoms with Crippen molar-refractivity contribution < 1.29 is 19.5 Å². The molecule has 2 amide bonds. The van der Waals surface area contributed by atoms with E-state index in [1.807, 2.05) is 47.6 Å². The van der Waals surface area contributed by atoms with Crippen molar-refractivity contribution in [2.75, 3.05) is 30.9 Å². The SMILES string of the molecule is CC[C@H](C)[C@@H](CN(CC(=O)N[C@@H](CCSC)C(=O)O)Cc1cccc2ccccc12)NC(=O)CSCc1ccc(C#N)cc1. The Labute approximate surface area is 269 Å². The zero-order valence-corrected chi connectivity index (χ0v) is 27.3. The lowest BCUT2D eigenvalue weighted by Crippen LogP contribution is -2.51. The third kappa shape index (κ3) is 11.2. The maximum atomic E-state index is 13.2. The summed E-state index contributed by atoms with van der Waals surface area (Å²) < 4.78 is 0. The minimum absolute atomic E-state index is 0.00250. The Balaban J connectivity index is 1.74. The van der Waals surface area contributed by atoms with E-state index in [0.717, 1.165) is 28.3 Å². The third-order valence-corrected chi connectivity index (χ3v) is 9.25. The van der Waals surface area contributed by atoms with Crippen LogP contribution in [0.15, 0.2) is 66.7 Å². The number of carboxylic acids is 1. The van der Waals surface area contributed by atoms with Crippen LogP contribution in [0.1, 0.15) is 43.4 Å². The Morgan fingerprint density at radius 3 is 2.41 bits per heavy atom. The predicted molar refractivity (Wildman–Crippen MR) is 180 cm³/mol. The zero-order chi connectivity index (χ0) is 31.9. The highest BCUT2D eigenvalue weighted by Crippen LogP contribution is 2.21. The van der Waals surface area contributed by atoms with Gasteiger partial charge in [0.05, 0.1) is 23.9 Å². The number of nitrogens with zero attached hydrogens (tertiary/aromatic N) is 2. The summed E-state index contributed by atoms with van der Waals surface area (Å²) in [5, 5.41) is 26.8. The largest absolute Gasteiger partial charge is 0.480 e. The number of aliphatic carboxylic acids is 1. The van der Waals surface area contributed by atoms with Crippen molar-refractivity contribution in [1.82, 2.24) is 15.5 Å². The quantitative estimate of drug-likeness (QED) is 0.172. The lowest BCUT2D eigenvalue weighted by Gasteiger charge is -2.31. The summed E-state index contributed by atoms with van der Waals surface area (Å²) >= 11 is 3.05. The fraction of sp³-hybridized carbons (Fsp3) is 0.412. The molecular formula is C34H42N4O4S2. The maximum Gasteiger partial charge on any atom is 0.326 e. The van der Waals surface area contributed by atoms with Gasteiger partial charge in [0.2, 0.25) is 11.8 Å². The average Bonchev–Trinajstić information content (AvgIpc) is 3.02. The average molecular weight is 635 g/mol. The van der Waals surface area contributed by atoms with E-state index >= 15 is 0 Å². The van der Waals surface area contributed by atoms with E-state index in [1.54, 1.807) is 12.1 Å². The van der Waals surface area contributed by atoms with Crippen LogP contribution in [0.2, 0.25) is 0 Å². The highest BCUT2D eigenvalue weighted by atomic mass is 32.2. The van der Waals surface area contributed by atoms with Crippen molar-refractivity contribution in [1.29, 1.82) is 5.26 Å². The molecule has 0 fully saturated rings. The van der Waals surface area contributed by atoms with Crippen LogP contribution in [0.3, 0.4) is 0 Å². The van der Waals surface area contributed by atoms with Gasteiger partial charge in [0.1, 0.15) is 6.04 Å². The number of fused-ring (bicyclic) bond motifs is 1. The molecule has 3 aromatic carbocycles. The minimum Gasteiger partial charge on any atom is -0.480 e. The molecule has 3 atom stereocenters. The van der Waals surface area contributed by atoms with Gasteiger partial charge in [-0.25, -0.2) is 4.79 Å². The number of rotatable bonds is 18. The normalized spacial score (nSPS) is 13.2.